The number of carbonyl (C=O) groups excluding carboxylic acids is 2. The van der Waals surface area contributed by atoms with E-state index < -0.39 is 0 Å². The molecule has 2 fully saturated rings. The van der Waals surface area contributed by atoms with Crippen LogP contribution >= 0.6 is 0 Å². The second kappa shape index (κ2) is 9.08. The molecule has 0 aliphatic heterocycles. The van der Waals surface area contributed by atoms with Crippen LogP contribution in [0.4, 0.5) is 10.2 Å². The molecule has 32 heavy (non-hydrogen) atoms. The van der Waals surface area contributed by atoms with Crippen LogP contribution in [0, 0.1) is 11.7 Å². The molecule has 0 radical (unpaired) electrons. The molecule has 0 unspecified atom stereocenters. The fourth-order valence-corrected chi connectivity index (χ4v) is 4.03. The lowest BCUT2D eigenvalue weighted by Crippen LogP contribution is -2.19. The normalized spacial score (nSPS) is 15.5. The van der Waals surface area contributed by atoms with Crippen LogP contribution in [0.3, 0.4) is 0 Å². The number of hydrogen-bond donors (Lipinski definition) is 4. The van der Waals surface area contributed by atoms with E-state index in [0.717, 1.165) is 44.8 Å². The van der Waals surface area contributed by atoms with Crippen LogP contribution < -0.4 is 10.6 Å². The lowest BCUT2D eigenvalue weighted by atomic mass is 9.79. The van der Waals surface area contributed by atoms with Gasteiger partial charge in [-0.1, -0.05) is 18.6 Å². The van der Waals surface area contributed by atoms with Gasteiger partial charge in [0.25, 0.3) is 5.91 Å². The number of nitrogens with zero attached hydrogens (tertiary/aromatic N) is 1. The number of rotatable bonds is 5. The summed E-state index contributed by atoms with van der Waals surface area (Å²) in [7, 11) is 2.55. The summed E-state index contributed by atoms with van der Waals surface area (Å²) in [6.45, 7) is 0. The largest absolute Gasteiger partial charge is 0.400 e. The summed E-state index contributed by atoms with van der Waals surface area (Å²) >= 11 is 0. The summed E-state index contributed by atoms with van der Waals surface area (Å²) in [4.78, 5) is 32.2. The minimum Gasteiger partial charge on any atom is -0.400 e. The molecule has 4 N–H and O–H groups in total. The summed E-state index contributed by atoms with van der Waals surface area (Å²) in [6, 6.07) is 7.21. The molecule has 2 aromatic heterocycles. The van der Waals surface area contributed by atoms with Crippen LogP contribution in [0.1, 0.15) is 53.9 Å². The standard InChI is InChI=1S/C23H23FN4O2.CH4O/c1-25-23(30)17-11-26-21(28-22(29)13-8-9-13)20-16(17)10-18(27-20)15-7-3-6-14(19(15)24)12-4-2-5-12;1-2/h3,6-7,10-13,27H,2,4-5,8-9H2,1H3,(H,25,30)(H,26,28,29);2H,1H3. The SMILES string of the molecule is CNC(=O)c1cnc(NC(=O)C2CC2)c2[nH]c(-c3cccc(C4CCC4)c3F)cc12.CO. The average molecular weight is 439 g/mol. The number of H-pyrrole nitrogens is 1. The Morgan fingerprint density at radius 1 is 1.19 bits per heavy atom. The summed E-state index contributed by atoms with van der Waals surface area (Å²) in [5.74, 6) is 0.0491. The second-order valence-corrected chi connectivity index (χ2v) is 8.17. The van der Waals surface area contributed by atoms with Crippen molar-refractivity contribution in [1.29, 1.82) is 0 Å². The number of pyridine rings is 1. The Hall–Kier alpha value is -3.26. The third-order valence-corrected chi connectivity index (χ3v) is 6.19. The monoisotopic (exact) mass is 438 g/mol. The Bertz CT molecular complexity index is 1170. The molecule has 0 atom stereocenters. The van der Waals surface area contributed by atoms with Gasteiger partial charge in [0.15, 0.2) is 5.82 Å². The van der Waals surface area contributed by atoms with Crippen molar-refractivity contribution in [2.75, 3.05) is 19.5 Å². The van der Waals surface area contributed by atoms with Crippen molar-refractivity contribution in [3.8, 4) is 11.3 Å². The number of fused-ring (bicyclic) bond motifs is 1. The summed E-state index contributed by atoms with van der Waals surface area (Å²) < 4.78 is 15.3. The Morgan fingerprint density at radius 3 is 2.56 bits per heavy atom. The molecule has 8 heteroatoms. The maximum absolute atomic E-state index is 15.3. The number of aliphatic hydroxyl groups is 1. The molecule has 5 rings (SSSR count). The number of carbonyl (C=O) groups is 2. The fourth-order valence-electron chi connectivity index (χ4n) is 4.03. The van der Waals surface area contributed by atoms with E-state index in [1.165, 1.54) is 6.20 Å². The van der Waals surface area contributed by atoms with E-state index in [1.54, 1.807) is 19.2 Å². The molecule has 2 aliphatic rings. The van der Waals surface area contributed by atoms with E-state index in [-0.39, 0.29) is 29.5 Å². The Balaban J connectivity index is 0.00000119. The minimum absolute atomic E-state index is 0.0199. The number of amides is 2. The molecule has 2 amide bonds. The predicted octanol–water partition coefficient (Wildman–Crippen LogP) is 3.95. The van der Waals surface area contributed by atoms with Gasteiger partial charge in [0.05, 0.1) is 11.1 Å². The zero-order valence-corrected chi connectivity index (χ0v) is 18.2. The maximum atomic E-state index is 15.3. The van der Waals surface area contributed by atoms with Gasteiger partial charge >= 0.3 is 0 Å². The lowest BCUT2D eigenvalue weighted by molar-refractivity contribution is -0.117. The van der Waals surface area contributed by atoms with Crippen LogP contribution in [0.25, 0.3) is 22.2 Å². The van der Waals surface area contributed by atoms with Gasteiger partial charge in [-0.25, -0.2) is 9.37 Å². The first-order valence-electron chi connectivity index (χ1n) is 10.8. The van der Waals surface area contributed by atoms with E-state index in [9.17, 15) is 9.59 Å². The number of anilines is 1. The van der Waals surface area contributed by atoms with Gasteiger partial charge in [-0.2, -0.15) is 0 Å². The quantitative estimate of drug-likeness (QED) is 0.484. The molecule has 2 saturated carbocycles. The van der Waals surface area contributed by atoms with Gasteiger partial charge in [0.2, 0.25) is 5.91 Å². The molecule has 2 heterocycles. The van der Waals surface area contributed by atoms with Gasteiger partial charge in [-0.3, -0.25) is 9.59 Å². The third kappa shape index (κ3) is 3.98. The highest BCUT2D eigenvalue weighted by Gasteiger charge is 2.31. The van der Waals surface area contributed by atoms with Crippen molar-refractivity contribution in [2.45, 2.75) is 38.0 Å². The summed E-state index contributed by atoms with van der Waals surface area (Å²) in [6.07, 6.45) is 6.35. The lowest BCUT2D eigenvalue weighted by Gasteiger charge is -2.26. The fraction of sp³-hybridized carbons (Fsp3) is 0.375. The van der Waals surface area contributed by atoms with Crippen LogP contribution in [0.15, 0.2) is 30.5 Å². The average Bonchev–Trinajstić information content (AvgIpc) is 3.54. The second-order valence-electron chi connectivity index (χ2n) is 8.17. The number of aromatic nitrogens is 2. The van der Waals surface area contributed by atoms with Crippen molar-refractivity contribution in [2.24, 2.45) is 5.92 Å². The first-order chi connectivity index (χ1) is 15.6. The summed E-state index contributed by atoms with van der Waals surface area (Å²) in [5, 5.41) is 13.1. The van der Waals surface area contributed by atoms with Crippen molar-refractivity contribution in [1.82, 2.24) is 15.3 Å². The molecular formula is C24H27FN4O3. The summed E-state index contributed by atoms with van der Waals surface area (Å²) in [5.41, 5.74) is 2.65. The van der Waals surface area contributed by atoms with E-state index in [0.29, 0.717) is 33.5 Å². The number of hydrogen-bond acceptors (Lipinski definition) is 4. The van der Waals surface area contributed by atoms with E-state index >= 15 is 4.39 Å². The first kappa shape index (κ1) is 22.0. The third-order valence-electron chi connectivity index (χ3n) is 6.19. The topological polar surface area (TPSA) is 107 Å². The Morgan fingerprint density at radius 2 is 1.94 bits per heavy atom. The van der Waals surface area contributed by atoms with Gasteiger partial charge in [0.1, 0.15) is 5.82 Å². The molecule has 1 aromatic carbocycles. The molecule has 7 nitrogen and oxygen atoms in total. The van der Waals surface area contributed by atoms with Gasteiger partial charge in [0, 0.05) is 42.9 Å². The zero-order chi connectivity index (χ0) is 22.8. The van der Waals surface area contributed by atoms with E-state index in [4.69, 9.17) is 5.11 Å². The van der Waals surface area contributed by atoms with Crippen LogP contribution in [-0.2, 0) is 4.79 Å². The zero-order valence-electron chi connectivity index (χ0n) is 18.2. The highest BCUT2D eigenvalue weighted by Crippen LogP contribution is 2.40. The molecule has 0 saturated heterocycles. The first-order valence-corrected chi connectivity index (χ1v) is 10.8. The molecule has 168 valence electrons. The van der Waals surface area contributed by atoms with Crippen molar-refractivity contribution < 1.29 is 19.1 Å². The van der Waals surface area contributed by atoms with Crippen molar-refractivity contribution in [3.63, 3.8) is 0 Å². The maximum Gasteiger partial charge on any atom is 0.253 e. The smallest absolute Gasteiger partial charge is 0.253 e. The minimum atomic E-state index is -0.290. The van der Waals surface area contributed by atoms with E-state index in [2.05, 4.69) is 20.6 Å². The number of aliphatic hydroxyl groups excluding tert-OH is 1. The Kier molecular flexibility index (Phi) is 6.23. The van der Waals surface area contributed by atoms with Crippen LogP contribution in [0.2, 0.25) is 0 Å². The molecule has 0 bridgehead atoms. The van der Waals surface area contributed by atoms with Crippen LogP contribution in [0.5, 0.6) is 0 Å². The van der Waals surface area contributed by atoms with Crippen molar-refractivity contribution in [3.05, 3.63) is 47.4 Å². The highest BCUT2D eigenvalue weighted by molar-refractivity contribution is 6.11. The van der Waals surface area contributed by atoms with Gasteiger partial charge in [-0.15, -0.1) is 0 Å². The van der Waals surface area contributed by atoms with Crippen molar-refractivity contribution >= 4 is 28.5 Å². The highest BCUT2D eigenvalue weighted by atomic mass is 19.1. The molecular weight excluding hydrogens is 411 g/mol. The molecule has 2 aliphatic carbocycles. The number of benzene rings is 1. The van der Waals surface area contributed by atoms with E-state index in [1.807, 2.05) is 12.1 Å². The number of nitrogens with one attached hydrogen (secondary N) is 3. The van der Waals surface area contributed by atoms with Gasteiger partial charge in [-0.05, 0) is 49.3 Å². The number of halogens is 1. The molecule has 0 spiro atoms. The molecule has 3 aromatic rings. The van der Waals surface area contributed by atoms with Crippen LogP contribution in [-0.4, -0.2) is 41.0 Å². The van der Waals surface area contributed by atoms with Gasteiger partial charge < -0.3 is 20.7 Å². The Labute approximate surface area is 185 Å². The number of aromatic amines is 1. The predicted molar refractivity (Wildman–Crippen MR) is 121 cm³/mol.